The summed E-state index contributed by atoms with van der Waals surface area (Å²) >= 11 is 0. The number of aldehydes is 1. The van der Waals surface area contributed by atoms with Crippen molar-refractivity contribution < 1.29 is 9.59 Å². The van der Waals surface area contributed by atoms with Crippen LogP contribution in [0.5, 0.6) is 0 Å². The van der Waals surface area contributed by atoms with E-state index in [1.807, 2.05) is 0 Å². The summed E-state index contributed by atoms with van der Waals surface area (Å²) in [7, 11) is 0. The number of hydrogen-bond donors (Lipinski definition) is 0. The SMILES string of the molecule is CCCC(C)CC(=O)CC(CC=O)CCC. The molecule has 0 aromatic rings. The topological polar surface area (TPSA) is 34.1 Å². The van der Waals surface area contributed by atoms with Crippen LogP contribution in [0.25, 0.3) is 0 Å². The molecule has 16 heavy (non-hydrogen) atoms. The fourth-order valence-electron chi connectivity index (χ4n) is 2.24. The van der Waals surface area contributed by atoms with E-state index in [1.54, 1.807) is 0 Å². The Balaban J connectivity index is 3.93. The summed E-state index contributed by atoms with van der Waals surface area (Å²) in [5, 5.41) is 0. The Kier molecular flexibility index (Phi) is 9.16. The Morgan fingerprint density at radius 1 is 1.12 bits per heavy atom. The van der Waals surface area contributed by atoms with Gasteiger partial charge in [0.15, 0.2) is 0 Å². The molecule has 0 heterocycles. The Bertz CT molecular complexity index is 199. The zero-order valence-corrected chi connectivity index (χ0v) is 11.0. The van der Waals surface area contributed by atoms with Crippen LogP contribution in [0.1, 0.15) is 65.7 Å². The molecule has 2 nitrogen and oxygen atoms in total. The monoisotopic (exact) mass is 226 g/mol. The lowest BCUT2D eigenvalue weighted by Gasteiger charge is -2.14. The van der Waals surface area contributed by atoms with Gasteiger partial charge in [0, 0.05) is 19.3 Å². The first-order valence-corrected chi connectivity index (χ1v) is 6.59. The van der Waals surface area contributed by atoms with Gasteiger partial charge in [-0.2, -0.15) is 0 Å². The van der Waals surface area contributed by atoms with Gasteiger partial charge in [-0.05, 0) is 18.3 Å². The second-order valence-corrected chi connectivity index (χ2v) is 4.90. The maximum Gasteiger partial charge on any atom is 0.133 e. The van der Waals surface area contributed by atoms with Crippen LogP contribution in [0.2, 0.25) is 0 Å². The normalized spacial score (nSPS) is 14.4. The van der Waals surface area contributed by atoms with Crippen LogP contribution in [0.15, 0.2) is 0 Å². The smallest absolute Gasteiger partial charge is 0.133 e. The van der Waals surface area contributed by atoms with Crippen molar-refractivity contribution in [1.82, 2.24) is 0 Å². The van der Waals surface area contributed by atoms with Gasteiger partial charge < -0.3 is 4.79 Å². The maximum atomic E-state index is 11.8. The molecule has 94 valence electrons. The quantitative estimate of drug-likeness (QED) is 0.531. The van der Waals surface area contributed by atoms with E-state index in [2.05, 4.69) is 20.8 Å². The first-order valence-electron chi connectivity index (χ1n) is 6.59. The predicted octanol–water partition coefficient (Wildman–Crippen LogP) is 3.78. The molecular weight excluding hydrogens is 200 g/mol. The lowest BCUT2D eigenvalue weighted by atomic mass is 9.90. The molecule has 0 saturated carbocycles. The summed E-state index contributed by atoms with van der Waals surface area (Å²) in [5.41, 5.74) is 0. The average Bonchev–Trinajstić information content (AvgIpc) is 2.18. The van der Waals surface area contributed by atoms with Crippen LogP contribution >= 0.6 is 0 Å². The second kappa shape index (κ2) is 9.56. The van der Waals surface area contributed by atoms with Crippen molar-refractivity contribution in [2.75, 3.05) is 0 Å². The molecule has 0 radical (unpaired) electrons. The van der Waals surface area contributed by atoms with Crippen molar-refractivity contribution in [2.24, 2.45) is 11.8 Å². The van der Waals surface area contributed by atoms with E-state index in [-0.39, 0.29) is 5.92 Å². The highest BCUT2D eigenvalue weighted by Gasteiger charge is 2.14. The summed E-state index contributed by atoms with van der Waals surface area (Å²) in [5.74, 6) is 1.11. The molecule has 0 aliphatic carbocycles. The van der Waals surface area contributed by atoms with Gasteiger partial charge in [-0.25, -0.2) is 0 Å². The highest BCUT2D eigenvalue weighted by Crippen LogP contribution is 2.19. The minimum atomic E-state index is 0.281. The molecule has 2 unspecified atom stereocenters. The molecule has 0 amide bonds. The van der Waals surface area contributed by atoms with Crippen molar-refractivity contribution in [3.8, 4) is 0 Å². The van der Waals surface area contributed by atoms with Gasteiger partial charge in [-0.15, -0.1) is 0 Å². The Hall–Kier alpha value is -0.660. The van der Waals surface area contributed by atoms with Crippen molar-refractivity contribution in [1.29, 1.82) is 0 Å². The third kappa shape index (κ3) is 7.61. The van der Waals surface area contributed by atoms with Gasteiger partial charge in [0.05, 0.1) is 0 Å². The van der Waals surface area contributed by atoms with Gasteiger partial charge in [0.1, 0.15) is 12.1 Å². The van der Waals surface area contributed by atoms with Crippen LogP contribution in [0.3, 0.4) is 0 Å². The number of hydrogen-bond acceptors (Lipinski definition) is 2. The zero-order valence-electron chi connectivity index (χ0n) is 11.0. The molecular formula is C14H26O2. The van der Waals surface area contributed by atoms with Crippen LogP contribution in [-0.2, 0) is 9.59 Å². The van der Waals surface area contributed by atoms with Crippen LogP contribution in [0.4, 0.5) is 0 Å². The zero-order chi connectivity index (χ0) is 12.4. The van der Waals surface area contributed by atoms with E-state index in [4.69, 9.17) is 0 Å². The van der Waals surface area contributed by atoms with Crippen LogP contribution < -0.4 is 0 Å². The summed E-state index contributed by atoms with van der Waals surface area (Å²) in [4.78, 5) is 22.3. The summed E-state index contributed by atoms with van der Waals surface area (Å²) in [6.45, 7) is 6.38. The lowest BCUT2D eigenvalue weighted by molar-refractivity contribution is -0.121. The fourth-order valence-corrected chi connectivity index (χ4v) is 2.24. The molecule has 0 spiro atoms. The second-order valence-electron chi connectivity index (χ2n) is 4.90. The van der Waals surface area contributed by atoms with Crippen LogP contribution in [0, 0.1) is 11.8 Å². The molecule has 0 fully saturated rings. The molecule has 0 N–H and O–H groups in total. The van der Waals surface area contributed by atoms with Gasteiger partial charge in [-0.3, -0.25) is 4.79 Å². The van der Waals surface area contributed by atoms with E-state index >= 15 is 0 Å². The number of rotatable bonds is 10. The highest BCUT2D eigenvalue weighted by molar-refractivity contribution is 5.79. The molecule has 0 rings (SSSR count). The van der Waals surface area contributed by atoms with Gasteiger partial charge >= 0.3 is 0 Å². The molecule has 0 saturated heterocycles. The van der Waals surface area contributed by atoms with Crippen molar-refractivity contribution in [3.63, 3.8) is 0 Å². The Morgan fingerprint density at radius 3 is 2.25 bits per heavy atom. The van der Waals surface area contributed by atoms with E-state index in [1.165, 1.54) is 0 Å². The summed E-state index contributed by atoms with van der Waals surface area (Å²) in [6, 6.07) is 0. The van der Waals surface area contributed by atoms with Crippen molar-refractivity contribution in [3.05, 3.63) is 0 Å². The standard InChI is InChI=1S/C14H26O2/c1-4-6-12(3)10-14(16)11-13(7-5-2)8-9-15/h9,12-13H,4-8,10-11H2,1-3H3. The number of Topliss-reactive ketones (excluding diaryl/α,β-unsaturated/α-hetero) is 1. The molecule has 0 aromatic heterocycles. The summed E-state index contributed by atoms with van der Waals surface area (Å²) in [6.07, 6.45) is 7.08. The first kappa shape index (κ1) is 15.3. The van der Waals surface area contributed by atoms with E-state index in [0.717, 1.165) is 32.0 Å². The average molecular weight is 226 g/mol. The number of carbonyl (C=O) groups is 2. The number of ketones is 1. The van der Waals surface area contributed by atoms with Crippen LogP contribution in [-0.4, -0.2) is 12.1 Å². The molecule has 2 atom stereocenters. The third-order valence-corrected chi connectivity index (χ3v) is 3.00. The molecule has 2 heteroatoms. The molecule has 0 aliphatic heterocycles. The molecule has 0 aliphatic rings. The highest BCUT2D eigenvalue weighted by atomic mass is 16.1. The van der Waals surface area contributed by atoms with Gasteiger partial charge in [0.25, 0.3) is 0 Å². The molecule has 0 aromatic carbocycles. The van der Waals surface area contributed by atoms with E-state index < -0.39 is 0 Å². The first-order chi connectivity index (χ1) is 7.63. The Morgan fingerprint density at radius 2 is 1.75 bits per heavy atom. The largest absolute Gasteiger partial charge is 0.303 e. The van der Waals surface area contributed by atoms with Crippen molar-refractivity contribution in [2.45, 2.75) is 65.7 Å². The minimum absolute atomic E-state index is 0.281. The maximum absolute atomic E-state index is 11.8. The number of carbonyl (C=O) groups excluding carboxylic acids is 2. The van der Waals surface area contributed by atoms with E-state index in [0.29, 0.717) is 31.0 Å². The molecule has 0 bridgehead atoms. The van der Waals surface area contributed by atoms with E-state index in [9.17, 15) is 9.59 Å². The minimum Gasteiger partial charge on any atom is -0.303 e. The third-order valence-electron chi connectivity index (χ3n) is 3.00. The fraction of sp³-hybridized carbons (Fsp3) is 0.857. The van der Waals surface area contributed by atoms with Crippen molar-refractivity contribution >= 4 is 12.1 Å². The van der Waals surface area contributed by atoms with Gasteiger partial charge in [-0.1, -0.05) is 40.0 Å². The predicted molar refractivity (Wildman–Crippen MR) is 67.4 cm³/mol. The lowest BCUT2D eigenvalue weighted by Crippen LogP contribution is -2.12. The van der Waals surface area contributed by atoms with Gasteiger partial charge in [0.2, 0.25) is 0 Å². The summed E-state index contributed by atoms with van der Waals surface area (Å²) < 4.78 is 0. The Labute approximate surface area is 99.8 Å².